The Bertz CT molecular complexity index is 1210. The third-order valence-corrected chi connectivity index (χ3v) is 5.21. The number of piperazine rings is 1. The lowest BCUT2D eigenvalue weighted by molar-refractivity contribution is 0.405. The van der Waals surface area contributed by atoms with E-state index in [-0.39, 0.29) is 0 Å². The molecule has 0 saturated carbocycles. The number of hydrogen-bond acceptors (Lipinski definition) is 5. The summed E-state index contributed by atoms with van der Waals surface area (Å²) in [5, 5.41) is 14.1. The summed E-state index contributed by atoms with van der Waals surface area (Å²) >= 11 is 0. The molecule has 3 aromatic heterocycles. The van der Waals surface area contributed by atoms with Gasteiger partial charge in [-0.1, -0.05) is 12.1 Å². The van der Waals surface area contributed by atoms with Crippen molar-refractivity contribution in [2.45, 2.75) is 25.9 Å². The first-order chi connectivity index (χ1) is 13.1. The third-order valence-electron chi connectivity index (χ3n) is 5.21. The van der Waals surface area contributed by atoms with Crippen LogP contribution in [0.2, 0.25) is 0 Å². The molecule has 4 aromatic rings. The second kappa shape index (κ2) is 5.93. The van der Waals surface area contributed by atoms with E-state index in [9.17, 15) is 5.26 Å². The Kier molecular flexibility index (Phi) is 3.52. The molecule has 0 bridgehead atoms. The number of pyridine rings is 2. The Balaban J connectivity index is 1.79. The molecule has 1 aromatic carbocycles. The van der Waals surface area contributed by atoms with E-state index in [1.54, 1.807) is 0 Å². The van der Waals surface area contributed by atoms with Crippen molar-refractivity contribution >= 4 is 33.5 Å². The Morgan fingerprint density at radius 2 is 1.81 bits per heavy atom. The maximum absolute atomic E-state index is 9.60. The Morgan fingerprint density at radius 3 is 2.59 bits per heavy atom. The zero-order chi connectivity index (χ0) is 18.5. The number of hydrogen-bond donors (Lipinski definition) is 1. The molecule has 0 radical (unpaired) electrons. The summed E-state index contributed by atoms with van der Waals surface area (Å²) in [5.74, 6) is 0.964. The lowest BCUT2D eigenvalue weighted by Crippen LogP contribution is -2.54. The summed E-state index contributed by atoms with van der Waals surface area (Å²) < 4.78 is 2.02. The number of benzene rings is 1. The SMILES string of the molecule is C[C@@H]1CN(c2ccc3cc(C#N)c4nc5ccccc5n4c3n2)C[C@H](C)N1. The summed E-state index contributed by atoms with van der Waals surface area (Å²) in [6.07, 6.45) is 0. The number of nitrogens with zero attached hydrogens (tertiary/aromatic N) is 5. The number of rotatable bonds is 1. The average molecular weight is 356 g/mol. The molecule has 0 aliphatic carbocycles. The minimum Gasteiger partial charge on any atom is -0.353 e. The smallest absolute Gasteiger partial charge is 0.157 e. The molecular formula is C21H20N6. The van der Waals surface area contributed by atoms with Crippen LogP contribution in [0.3, 0.4) is 0 Å². The standard InChI is InChI=1S/C21H20N6/c1-13-11-26(12-14(2)23-13)19-8-7-15-9-16(10-22)21-24-17-5-3-4-6-18(17)27(21)20(15)25-19/h3-9,13-14,23H,11-12H2,1-2H3/t13-,14+. The van der Waals surface area contributed by atoms with E-state index in [1.807, 2.05) is 34.7 Å². The molecule has 4 heterocycles. The summed E-state index contributed by atoms with van der Waals surface area (Å²) in [6.45, 7) is 6.24. The average Bonchev–Trinajstić information content (AvgIpc) is 3.06. The first kappa shape index (κ1) is 16.0. The number of para-hydroxylation sites is 2. The summed E-state index contributed by atoms with van der Waals surface area (Å²) in [7, 11) is 0. The van der Waals surface area contributed by atoms with Crippen molar-refractivity contribution in [3.8, 4) is 6.07 Å². The zero-order valence-corrected chi connectivity index (χ0v) is 15.3. The van der Waals surface area contributed by atoms with Gasteiger partial charge in [-0.2, -0.15) is 5.26 Å². The number of nitriles is 1. The van der Waals surface area contributed by atoms with E-state index >= 15 is 0 Å². The highest BCUT2D eigenvalue weighted by Crippen LogP contribution is 2.27. The van der Waals surface area contributed by atoms with Crippen LogP contribution in [0.5, 0.6) is 0 Å². The summed E-state index contributed by atoms with van der Waals surface area (Å²) in [5.41, 5.74) is 3.92. The van der Waals surface area contributed by atoms with E-state index in [1.165, 1.54) is 0 Å². The van der Waals surface area contributed by atoms with Crippen LogP contribution in [0.1, 0.15) is 19.4 Å². The van der Waals surface area contributed by atoms with Gasteiger partial charge in [0, 0.05) is 30.6 Å². The monoisotopic (exact) mass is 356 g/mol. The fourth-order valence-electron chi connectivity index (χ4n) is 4.15. The predicted molar refractivity (Wildman–Crippen MR) is 107 cm³/mol. The Morgan fingerprint density at radius 1 is 1.04 bits per heavy atom. The van der Waals surface area contributed by atoms with Crippen LogP contribution in [0.15, 0.2) is 42.5 Å². The molecule has 6 nitrogen and oxygen atoms in total. The van der Waals surface area contributed by atoms with Gasteiger partial charge in [0.1, 0.15) is 17.5 Å². The molecular weight excluding hydrogens is 336 g/mol. The minimum absolute atomic E-state index is 0.418. The number of imidazole rings is 1. The molecule has 2 atom stereocenters. The quantitative estimate of drug-likeness (QED) is 0.568. The molecule has 1 aliphatic rings. The van der Waals surface area contributed by atoms with E-state index in [2.05, 4.69) is 47.3 Å². The van der Waals surface area contributed by atoms with Crippen molar-refractivity contribution in [1.29, 1.82) is 5.26 Å². The topological polar surface area (TPSA) is 69.2 Å². The lowest BCUT2D eigenvalue weighted by Gasteiger charge is -2.37. The van der Waals surface area contributed by atoms with Gasteiger partial charge in [-0.25, -0.2) is 9.97 Å². The molecule has 1 fully saturated rings. The minimum atomic E-state index is 0.418. The van der Waals surface area contributed by atoms with Crippen LogP contribution in [0.4, 0.5) is 5.82 Å². The fraction of sp³-hybridized carbons (Fsp3) is 0.286. The summed E-state index contributed by atoms with van der Waals surface area (Å²) in [6, 6.07) is 17.1. The second-order valence-electron chi connectivity index (χ2n) is 7.39. The molecule has 0 amide bonds. The maximum atomic E-state index is 9.60. The molecule has 134 valence electrons. The van der Waals surface area contributed by atoms with E-state index < -0.39 is 0 Å². The first-order valence-corrected chi connectivity index (χ1v) is 9.26. The highest BCUT2D eigenvalue weighted by atomic mass is 15.3. The molecule has 5 rings (SSSR count). The van der Waals surface area contributed by atoms with Crippen molar-refractivity contribution in [3.05, 3.63) is 48.0 Å². The molecule has 1 N–H and O–H groups in total. The van der Waals surface area contributed by atoms with Gasteiger partial charge in [-0.05, 0) is 44.2 Å². The van der Waals surface area contributed by atoms with Crippen LogP contribution >= 0.6 is 0 Å². The number of aromatic nitrogens is 3. The fourth-order valence-corrected chi connectivity index (χ4v) is 4.15. The van der Waals surface area contributed by atoms with Gasteiger partial charge in [-0.3, -0.25) is 4.40 Å². The highest BCUT2D eigenvalue weighted by molar-refractivity contribution is 5.91. The lowest BCUT2D eigenvalue weighted by atomic mass is 10.1. The molecule has 1 aliphatic heterocycles. The second-order valence-corrected chi connectivity index (χ2v) is 7.39. The Labute approximate surface area is 157 Å². The third kappa shape index (κ3) is 2.51. The van der Waals surface area contributed by atoms with Crippen LogP contribution < -0.4 is 10.2 Å². The molecule has 6 heteroatoms. The number of anilines is 1. The largest absolute Gasteiger partial charge is 0.353 e. The van der Waals surface area contributed by atoms with E-state index in [0.29, 0.717) is 23.3 Å². The van der Waals surface area contributed by atoms with Crippen molar-refractivity contribution in [1.82, 2.24) is 19.7 Å². The summed E-state index contributed by atoms with van der Waals surface area (Å²) in [4.78, 5) is 12.0. The van der Waals surface area contributed by atoms with Gasteiger partial charge >= 0.3 is 0 Å². The number of nitrogens with one attached hydrogen (secondary N) is 1. The van der Waals surface area contributed by atoms with Crippen LogP contribution in [-0.4, -0.2) is 39.5 Å². The van der Waals surface area contributed by atoms with Gasteiger partial charge in [-0.15, -0.1) is 0 Å². The molecule has 1 saturated heterocycles. The van der Waals surface area contributed by atoms with Gasteiger partial charge < -0.3 is 10.2 Å². The van der Waals surface area contributed by atoms with Gasteiger partial charge in [0.05, 0.1) is 16.6 Å². The molecule has 0 spiro atoms. The van der Waals surface area contributed by atoms with Crippen molar-refractivity contribution in [3.63, 3.8) is 0 Å². The van der Waals surface area contributed by atoms with Gasteiger partial charge in [0.25, 0.3) is 0 Å². The van der Waals surface area contributed by atoms with Crippen molar-refractivity contribution in [2.75, 3.05) is 18.0 Å². The van der Waals surface area contributed by atoms with Crippen LogP contribution in [0, 0.1) is 11.3 Å². The van der Waals surface area contributed by atoms with Crippen LogP contribution in [0.25, 0.3) is 27.7 Å². The van der Waals surface area contributed by atoms with E-state index in [0.717, 1.165) is 41.0 Å². The molecule has 0 unspecified atom stereocenters. The molecule has 27 heavy (non-hydrogen) atoms. The normalized spacial score (nSPS) is 20.4. The van der Waals surface area contributed by atoms with Gasteiger partial charge in [0.15, 0.2) is 5.65 Å². The Hall–Kier alpha value is -3.17. The van der Waals surface area contributed by atoms with E-state index in [4.69, 9.17) is 4.98 Å². The highest BCUT2D eigenvalue weighted by Gasteiger charge is 2.22. The first-order valence-electron chi connectivity index (χ1n) is 9.26. The van der Waals surface area contributed by atoms with Gasteiger partial charge in [0.2, 0.25) is 0 Å². The van der Waals surface area contributed by atoms with Crippen LogP contribution in [-0.2, 0) is 0 Å². The zero-order valence-electron chi connectivity index (χ0n) is 15.3. The maximum Gasteiger partial charge on any atom is 0.157 e. The van der Waals surface area contributed by atoms with Crippen molar-refractivity contribution in [2.24, 2.45) is 0 Å². The predicted octanol–water partition coefficient (Wildman–Crippen LogP) is 3.09. The van der Waals surface area contributed by atoms with Crippen molar-refractivity contribution < 1.29 is 0 Å². The number of fused-ring (bicyclic) bond motifs is 5.